The van der Waals surface area contributed by atoms with Crippen molar-refractivity contribution in [3.05, 3.63) is 52.6 Å². The first-order chi connectivity index (χ1) is 16.2. The molecule has 1 aliphatic heterocycles. The van der Waals surface area contributed by atoms with Crippen LogP contribution in [-0.2, 0) is 26.4 Å². The molecule has 4 heteroatoms. The van der Waals surface area contributed by atoms with Crippen LogP contribution in [0.15, 0.2) is 30.3 Å². The Morgan fingerprint density at radius 2 is 1.00 bits per heavy atom. The minimum Gasteiger partial charge on any atom is -0.508 e. The average molecular weight is 498 g/mol. The van der Waals surface area contributed by atoms with Gasteiger partial charge in [0.15, 0.2) is 0 Å². The lowest BCUT2D eigenvalue weighted by Crippen LogP contribution is -2.36. The molecular weight excluding hydrogens is 446 g/mol. The molecule has 0 unspecified atom stereocenters. The molecule has 202 valence electrons. The van der Waals surface area contributed by atoms with Gasteiger partial charge in [-0.1, -0.05) is 95.2 Å². The summed E-state index contributed by atoms with van der Waals surface area (Å²) in [6.45, 7) is 29.2. The minimum atomic E-state index is -0.0770. The molecule has 0 bridgehead atoms. The van der Waals surface area contributed by atoms with E-state index in [-0.39, 0.29) is 21.7 Å². The van der Waals surface area contributed by atoms with Crippen LogP contribution in [0.25, 0.3) is 0 Å². The highest BCUT2D eigenvalue weighted by molar-refractivity contribution is 5.65. The number of hydrogen-bond donors (Lipinski definition) is 2. The third-order valence-corrected chi connectivity index (χ3v) is 6.77. The molecule has 0 saturated carbocycles. The first-order valence-electron chi connectivity index (χ1n) is 13.3. The number of phenols is 2. The molecule has 2 aromatic carbocycles. The maximum atomic E-state index is 10.8. The van der Waals surface area contributed by atoms with Crippen molar-refractivity contribution >= 4 is 5.69 Å². The summed E-state index contributed by atoms with van der Waals surface area (Å²) in [5.74, 6) is 0.796. The summed E-state index contributed by atoms with van der Waals surface area (Å²) < 4.78 is 5.43. The molecule has 2 N–H and O–H groups in total. The van der Waals surface area contributed by atoms with E-state index in [4.69, 9.17) is 4.74 Å². The summed E-state index contributed by atoms with van der Waals surface area (Å²) in [5, 5.41) is 20.5. The lowest BCUT2D eigenvalue weighted by molar-refractivity contribution is 0.122. The quantitative estimate of drug-likeness (QED) is 0.422. The Morgan fingerprint density at radius 3 is 1.39 bits per heavy atom. The van der Waals surface area contributed by atoms with Gasteiger partial charge in [0.05, 0.1) is 18.9 Å². The zero-order valence-electron chi connectivity index (χ0n) is 25.0. The Hall–Kier alpha value is -2.20. The average Bonchev–Trinajstić information content (AvgIpc) is 2.71. The van der Waals surface area contributed by atoms with Crippen LogP contribution >= 0.6 is 0 Å². The Kier molecular flexibility index (Phi) is 8.89. The topological polar surface area (TPSA) is 52.9 Å². The van der Waals surface area contributed by atoms with Crippen LogP contribution in [0.5, 0.6) is 11.5 Å². The molecule has 0 spiro atoms. The van der Waals surface area contributed by atoms with Crippen LogP contribution in [-0.4, -0.2) is 36.5 Å². The number of benzene rings is 2. The van der Waals surface area contributed by atoms with Gasteiger partial charge in [0.1, 0.15) is 11.5 Å². The van der Waals surface area contributed by atoms with E-state index in [9.17, 15) is 10.2 Å². The van der Waals surface area contributed by atoms with Gasteiger partial charge in [-0.05, 0) is 56.5 Å². The van der Waals surface area contributed by atoms with Crippen molar-refractivity contribution in [3.63, 3.8) is 0 Å². The van der Waals surface area contributed by atoms with Crippen molar-refractivity contribution in [3.8, 4) is 11.5 Å². The predicted molar refractivity (Wildman–Crippen MR) is 154 cm³/mol. The van der Waals surface area contributed by atoms with Gasteiger partial charge in [-0.25, -0.2) is 0 Å². The van der Waals surface area contributed by atoms with Crippen LogP contribution in [0.2, 0.25) is 0 Å². The van der Waals surface area contributed by atoms with Gasteiger partial charge < -0.3 is 19.8 Å². The van der Waals surface area contributed by atoms with Crippen molar-refractivity contribution < 1.29 is 14.9 Å². The van der Waals surface area contributed by atoms with Crippen LogP contribution < -0.4 is 4.90 Å². The molecule has 0 radical (unpaired) electrons. The van der Waals surface area contributed by atoms with Gasteiger partial charge in [-0.2, -0.15) is 0 Å². The Labute approximate surface area is 220 Å². The van der Waals surface area contributed by atoms with Crippen LogP contribution in [0, 0.1) is 0 Å². The SMILES string of the molecule is CC(C)(C)c1cc(N2CCOCC2)c(O)c(C(C)(C)C)c1.CC(C)(C)c1cc(O)cc(C(C)(C)C)c1. The molecule has 36 heavy (non-hydrogen) atoms. The van der Waals surface area contributed by atoms with E-state index in [1.165, 1.54) is 16.7 Å². The number of anilines is 1. The van der Waals surface area contributed by atoms with Crippen molar-refractivity contribution in [2.45, 2.75) is 105 Å². The van der Waals surface area contributed by atoms with E-state index in [1.807, 2.05) is 12.1 Å². The highest BCUT2D eigenvalue weighted by atomic mass is 16.5. The number of rotatable bonds is 1. The standard InChI is InChI=1S/C18H29NO2.C14H22O/c1-17(2,3)13-11-14(18(4,5)6)16(20)15(12-13)19-7-9-21-10-8-19;1-13(2,3)10-7-11(14(4,5)6)9-12(15)8-10/h11-12,20H,7-10H2,1-6H3;7-9,15H,1-6H3. The predicted octanol–water partition coefficient (Wildman–Crippen LogP) is 7.81. The fourth-order valence-electron chi connectivity index (χ4n) is 4.15. The van der Waals surface area contributed by atoms with E-state index in [0.717, 1.165) is 37.6 Å². The highest BCUT2D eigenvalue weighted by Gasteiger charge is 2.27. The first-order valence-corrected chi connectivity index (χ1v) is 13.3. The zero-order valence-corrected chi connectivity index (χ0v) is 25.0. The van der Waals surface area contributed by atoms with E-state index in [0.29, 0.717) is 11.5 Å². The normalized spacial score (nSPS) is 15.4. The molecule has 3 rings (SSSR count). The number of ether oxygens (including phenoxy) is 1. The molecule has 1 heterocycles. The smallest absolute Gasteiger partial charge is 0.142 e. The lowest BCUT2D eigenvalue weighted by Gasteiger charge is -2.34. The van der Waals surface area contributed by atoms with Gasteiger partial charge in [0.2, 0.25) is 0 Å². The van der Waals surface area contributed by atoms with Crippen molar-refractivity contribution in [2.75, 3.05) is 31.2 Å². The van der Waals surface area contributed by atoms with Gasteiger partial charge in [-0.3, -0.25) is 0 Å². The maximum Gasteiger partial charge on any atom is 0.142 e. The second kappa shape index (κ2) is 10.7. The Bertz CT molecular complexity index is 989. The summed E-state index contributed by atoms with van der Waals surface area (Å²) in [7, 11) is 0. The molecule has 4 nitrogen and oxygen atoms in total. The van der Waals surface area contributed by atoms with Gasteiger partial charge in [0.25, 0.3) is 0 Å². The molecule has 0 aliphatic carbocycles. The van der Waals surface area contributed by atoms with Crippen molar-refractivity contribution in [1.82, 2.24) is 0 Å². The van der Waals surface area contributed by atoms with Crippen molar-refractivity contribution in [2.24, 2.45) is 0 Å². The molecule has 0 atom stereocenters. The van der Waals surface area contributed by atoms with Crippen LogP contribution in [0.3, 0.4) is 0 Å². The largest absolute Gasteiger partial charge is 0.508 e. The lowest BCUT2D eigenvalue weighted by atomic mass is 9.79. The van der Waals surface area contributed by atoms with E-state index >= 15 is 0 Å². The molecular formula is C32H51NO3. The molecule has 0 amide bonds. The fourth-order valence-corrected chi connectivity index (χ4v) is 4.15. The van der Waals surface area contributed by atoms with Gasteiger partial charge in [0, 0.05) is 18.7 Å². The Morgan fingerprint density at radius 1 is 0.583 bits per heavy atom. The van der Waals surface area contributed by atoms with Gasteiger partial charge >= 0.3 is 0 Å². The second-order valence-corrected chi connectivity index (χ2v) is 14.3. The maximum absolute atomic E-state index is 10.8. The monoisotopic (exact) mass is 497 g/mol. The summed E-state index contributed by atoms with van der Waals surface area (Å²) in [6, 6.07) is 10.2. The summed E-state index contributed by atoms with van der Waals surface area (Å²) >= 11 is 0. The molecule has 1 fully saturated rings. The van der Waals surface area contributed by atoms with E-state index in [2.05, 4.69) is 106 Å². The summed E-state index contributed by atoms with van der Waals surface area (Å²) in [5.41, 5.74) is 5.78. The number of aromatic hydroxyl groups is 2. The highest BCUT2D eigenvalue weighted by Crippen LogP contribution is 2.42. The number of morpholine rings is 1. The van der Waals surface area contributed by atoms with Crippen LogP contribution in [0.1, 0.15) is 105 Å². The number of nitrogens with zero attached hydrogens (tertiary/aromatic N) is 1. The van der Waals surface area contributed by atoms with Crippen molar-refractivity contribution in [1.29, 1.82) is 0 Å². The molecule has 1 aliphatic rings. The number of phenolic OH excluding ortho intramolecular Hbond substituents is 2. The first kappa shape index (κ1) is 30.0. The third-order valence-electron chi connectivity index (χ3n) is 6.77. The minimum absolute atomic E-state index is 0.0642. The third kappa shape index (κ3) is 7.90. The zero-order chi connectivity index (χ0) is 27.7. The van der Waals surface area contributed by atoms with E-state index in [1.54, 1.807) is 0 Å². The van der Waals surface area contributed by atoms with E-state index < -0.39 is 0 Å². The number of hydrogen-bond acceptors (Lipinski definition) is 4. The fraction of sp³-hybridized carbons (Fsp3) is 0.625. The molecule has 2 aromatic rings. The second-order valence-electron chi connectivity index (χ2n) is 14.3. The Balaban J connectivity index is 0.000000269. The van der Waals surface area contributed by atoms with Crippen LogP contribution in [0.4, 0.5) is 5.69 Å². The summed E-state index contributed by atoms with van der Waals surface area (Å²) in [6.07, 6.45) is 0. The van der Waals surface area contributed by atoms with Gasteiger partial charge in [-0.15, -0.1) is 0 Å². The summed E-state index contributed by atoms with van der Waals surface area (Å²) in [4.78, 5) is 2.24. The molecule has 0 aromatic heterocycles. The molecule has 1 saturated heterocycles.